The van der Waals surface area contributed by atoms with Crippen molar-refractivity contribution in [1.29, 1.82) is 0 Å². The highest BCUT2D eigenvalue weighted by Crippen LogP contribution is 2.14. The van der Waals surface area contributed by atoms with Gasteiger partial charge in [0, 0.05) is 0 Å². The number of amides is 2. The molecular formula is C9H15N3O3. The van der Waals surface area contributed by atoms with Crippen LogP contribution in [-0.2, 0) is 14.4 Å². The Balaban J connectivity index is 1.88. The standard InChI is InChI=1S/C9H15N3O3/c1-5-2-3-10-7(5)9(14)11-6-4-15-12-8(6)13/h5-7,10H,2-4H2,1H3,(H,11,14)(H,12,13)/t5?,6-,7?/m1/s1. The van der Waals surface area contributed by atoms with Crippen LogP contribution < -0.4 is 16.1 Å². The van der Waals surface area contributed by atoms with Crippen molar-refractivity contribution in [2.45, 2.75) is 25.4 Å². The lowest BCUT2D eigenvalue weighted by atomic mass is 10.0. The molecule has 0 radical (unpaired) electrons. The first-order chi connectivity index (χ1) is 7.18. The third-order valence-corrected chi connectivity index (χ3v) is 2.87. The molecule has 2 aliphatic rings. The van der Waals surface area contributed by atoms with E-state index >= 15 is 0 Å². The third-order valence-electron chi connectivity index (χ3n) is 2.87. The second kappa shape index (κ2) is 4.16. The number of hydrogen-bond acceptors (Lipinski definition) is 4. The Morgan fingerprint density at radius 3 is 2.93 bits per heavy atom. The van der Waals surface area contributed by atoms with Gasteiger partial charge in [-0.05, 0) is 18.9 Å². The van der Waals surface area contributed by atoms with Gasteiger partial charge in [-0.25, -0.2) is 5.48 Å². The lowest BCUT2D eigenvalue weighted by Gasteiger charge is -2.17. The Morgan fingerprint density at radius 2 is 2.40 bits per heavy atom. The van der Waals surface area contributed by atoms with Gasteiger partial charge in [0.15, 0.2) is 0 Å². The molecular weight excluding hydrogens is 198 g/mol. The zero-order valence-electron chi connectivity index (χ0n) is 8.58. The molecule has 0 spiro atoms. The molecule has 3 atom stereocenters. The van der Waals surface area contributed by atoms with Gasteiger partial charge < -0.3 is 10.6 Å². The van der Waals surface area contributed by atoms with Crippen molar-refractivity contribution >= 4 is 11.8 Å². The molecule has 2 unspecified atom stereocenters. The van der Waals surface area contributed by atoms with Crippen molar-refractivity contribution in [3.8, 4) is 0 Å². The Morgan fingerprint density at radius 1 is 1.60 bits per heavy atom. The second-order valence-electron chi connectivity index (χ2n) is 4.04. The van der Waals surface area contributed by atoms with Crippen LogP contribution in [0.15, 0.2) is 0 Å². The lowest BCUT2D eigenvalue weighted by Crippen LogP contribution is -2.50. The smallest absolute Gasteiger partial charge is 0.268 e. The second-order valence-corrected chi connectivity index (χ2v) is 4.04. The van der Waals surface area contributed by atoms with Crippen molar-refractivity contribution in [3.05, 3.63) is 0 Å². The normalized spacial score (nSPS) is 35.3. The van der Waals surface area contributed by atoms with Crippen LogP contribution in [0.2, 0.25) is 0 Å². The summed E-state index contributed by atoms with van der Waals surface area (Å²) in [4.78, 5) is 27.6. The minimum Gasteiger partial charge on any atom is -0.341 e. The Bertz CT molecular complexity index is 282. The summed E-state index contributed by atoms with van der Waals surface area (Å²) in [5.41, 5.74) is 2.20. The summed E-state index contributed by atoms with van der Waals surface area (Å²) in [7, 11) is 0. The monoisotopic (exact) mass is 213 g/mol. The van der Waals surface area contributed by atoms with Crippen LogP contribution in [0.5, 0.6) is 0 Å². The molecule has 0 aliphatic carbocycles. The van der Waals surface area contributed by atoms with E-state index in [1.807, 2.05) is 6.92 Å². The maximum Gasteiger partial charge on any atom is 0.268 e. The zero-order chi connectivity index (χ0) is 10.8. The van der Waals surface area contributed by atoms with E-state index in [1.165, 1.54) is 0 Å². The summed E-state index contributed by atoms with van der Waals surface area (Å²) >= 11 is 0. The highest BCUT2D eigenvalue weighted by Gasteiger charge is 2.33. The largest absolute Gasteiger partial charge is 0.341 e. The molecule has 3 N–H and O–H groups in total. The Kier molecular flexibility index (Phi) is 2.88. The van der Waals surface area contributed by atoms with Crippen molar-refractivity contribution in [3.63, 3.8) is 0 Å². The molecule has 0 aromatic heterocycles. The first-order valence-corrected chi connectivity index (χ1v) is 5.14. The molecule has 2 heterocycles. The summed E-state index contributed by atoms with van der Waals surface area (Å²) in [6.07, 6.45) is 0.992. The molecule has 6 nitrogen and oxygen atoms in total. The van der Waals surface area contributed by atoms with E-state index in [2.05, 4.69) is 16.1 Å². The van der Waals surface area contributed by atoms with E-state index < -0.39 is 6.04 Å². The molecule has 2 fully saturated rings. The number of carbonyl (C=O) groups is 2. The number of hydroxylamine groups is 1. The molecule has 2 saturated heterocycles. The van der Waals surface area contributed by atoms with Crippen LogP contribution in [0.3, 0.4) is 0 Å². The van der Waals surface area contributed by atoms with Crippen molar-refractivity contribution in [1.82, 2.24) is 16.1 Å². The van der Waals surface area contributed by atoms with Crippen LogP contribution in [0.4, 0.5) is 0 Å². The molecule has 15 heavy (non-hydrogen) atoms. The molecule has 6 heteroatoms. The van der Waals surface area contributed by atoms with Gasteiger partial charge in [-0.15, -0.1) is 0 Å². The van der Waals surface area contributed by atoms with Crippen LogP contribution in [0.1, 0.15) is 13.3 Å². The van der Waals surface area contributed by atoms with Crippen molar-refractivity contribution in [2.24, 2.45) is 5.92 Å². The van der Waals surface area contributed by atoms with Gasteiger partial charge in [0.1, 0.15) is 12.6 Å². The van der Waals surface area contributed by atoms with Crippen LogP contribution in [-0.4, -0.2) is 37.0 Å². The lowest BCUT2D eigenvalue weighted by molar-refractivity contribution is -0.129. The molecule has 2 amide bonds. The molecule has 2 aliphatic heterocycles. The first kappa shape index (κ1) is 10.4. The fourth-order valence-electron chi connectivity index (χ4n) is 1.90. The van der Waals surface area contributed by atoms with E-state index in [0.29, 0.717) is 5.92 Å². The number of nitrogens with one attached hydrogen (secondary N) is 3. The van der Waals surface area contributed by atoms with E-state index in [1.54, 1.807) is 0 Å². The summed E-state index contributed by atoms with van der Waals surface area (Å²) in [5.74, 6) is -0.0879. The molecule has 2 rings (SSSR count). The molecule has 0 aromatic carbocycles. The highest BCUT2D eigenvalue weighted by molar-refractivity contribution is 5.90. The molecule has 0 bridgehead atoms. The summed E-state index contributed by atoms with van der Waals surface area (Å²) in [5, 5.41) is 5.77. The number of rotatable bonds is 2. The quantitative estimate of drug-likeness (QED) is 0.523. The van der Waals surface area contributed by atoms with Crippen LogP contribution >= 0.6 is 0 Å². The summed E-state index contributed by atoms with van der Waals surface area (Å²) in [6.45, 7) is 3.08. The van der Waals surface area contributed by atoms with Crippen LogP contribution in [0, 0.1) is 5.92 Å². The fraction of sp³-hybridized carbons (Fsp3) is 0.778. The van der Waals surface area contributed by atoms with Crippen molar-refractivity contribution in [2.75, 3.05) is 13.2 Å². The van der Waals surface area contributed by atoms with Gasteiger partial charge in [0.2, 0.25) is 5.91 Å². The van der Waals surface area contributed by atoms with E-state index in [4.69, 9.17) is 4.84 Å². The van der Waals surface area contributed by atoms with Crippen molar-refractivity contribution < 1.29 is 14.4 Å². The predicted molar refractivity (Wildman–Crippen MR) is 51.6 cm³/mol. The molecule has 0 aromatic rings. The first-order valence-electron chi connectivity index (χ1n) is 5.14. The van der Waals surface area contributed by atoms with Crippen LogP contribution in [0.25, 0.3) is 0 Å². The van der Waals surface area contributed by atoms with E-state index in [9.17, 15) is 9.59 Å². The third kappa shape index (κ3) is 2.10. The predicted octanol–water partition coefficient (Wildman–Crippen LogP) is -1.47. The zero-order valence-corrected chi connectivity index (χ0v) is 8.58. The topological polar surface area (TPSA) is 79.5 Å². The van der Waals surface area contributed by atoms with Gasteiger partial charge >= 0.3 is 0 Å². The van der Waals surface area contributed by atoms with Gasteiger partial charge in [-0.2, -0.15) is 0 Å². The Labute approximate surface area is 87.7 Å². The highest BCUT2D eigenvalue weighted by atomic mass is 16.7. The van der Waals surface area contributed by atoms with Gasteiger partial charge in [0.05, 0.1) is 6.04 Å². The SMILES string of the molecule is CC1CCNC1C(=O)N[C@@H]1CONC1=O. The molecule has 84 valence electrons. The fourth-order valence-corrected chi connectivity index (χ4v) is 1.90. The summed E-state index contributed by atoms with van der Waals surface area (Å²) in [6, 6.07) is -0.731. The Hall–Kier alpha value is -1.14. The van der Waals surface area contributed by atoms with E-state index in [-0.39, 0.29) is 24.5 Å². The average molecular weight is 213 g/mol. The maximum atomic E-state index is 11.7. The minimum absolute atomic E-state index is 0.120. The minimum atomic E-state index is -0.549. The average Bonchev–Trinajstić information content (AvgIpc) is 2.76. The van der Waals surface area contributed by atoms with Gasteiger partial charge in [-0.3, -0.25) is 14.4 Å². The van der Waals surface area contributed by atoms with Gasteiger partial charge in [-0.1, -0.05) is 6.92 Å². The van der Waals surface area contributed by atoms with E-state index in [0.717, 1.165) is 13.0 Å². The number of hydrogen-bond donors (Lipinski definition) is 3. The number of carbonyl (C=O) groups excluding carboxylic acids is 2. The molecule has 0 saturated carbocycles. The van der Waals surface area contributed by atoms with Gasteiger partial charge in [0.25, 0.3) is 5.91 Å². The maximum absolute atomic E-state index is 11.7. The summed E-state index contributed by atoms with van der Waals surface area (Å²) < 4.78 is 0.